The van der Waals surface area contributed by atoms with Crippen molar-refractivity contribution in [2.45, 2.75) is 0 Å². The fourth-order valence-electron chi connectivity index (χ4n) is 2.97. The molecule has 0 aliphatic rings. The molecule has 0 radical (unpaired) electrons. The molecule has 5 heteroatoms. The third-order valence-corrected chi connectivity index (χ3v) is 4.49. The average molecular weight is 406 g/mol. The summed E-state index contributed by atoms with van der Waals surface area (Å²) in [6.07, 6.45) is 3.40. The van der Waals surface area contributed by atoms with Crippen LogP contribution in [0.1, 0.15) is 0 Å². The van der Waals surface area contributed by atoms with Gasteiger partial charge in [0.15, 0.2) is 0 Å². The van der Waals surface area contributed by atoms with Crippen molar-refractivity contribution in [2.24, 2.45) is 0 Å². The maximum absolute atomic E-state index is 4.06. The van der Waals surface area contributed by atoms with Crippen LogP contribution in [0.5, 0.6) is 0 Å². The van der Waals surface area contributed by atoms with Crippen molar-refractivity contribution >= 4 is 33.4 Å². The molecule has 0 fully saturated rings. The summed E-state index contributed by atoms with van der Waals surface area (Å²) in [6, 6.07) is 36.2. The van der Waals surface area contributed by atoms with Crippen LogP contribution in [0.3, 0.4) is 0 Å². The number of rotatable bonds is 2. The predicted octanol–water partition coefficient (Wildman–Crippen LogP) is 6.56. The number of benzene rings is 4. The van der Waals surface area contributed by atoms with Gasteiger partial charge in [0.1, 0.15) is 0 Å². The van der Waals surface area contributed by atoms with Gasteiger partial charge in [-0.15, -0.1) is 0 Å². The average Bonchev–Trinajstić information content (AvgIpc) is 3.51. The third-order valence-electron chi connectivity index (χ3n) is 4.49. The van der Waals surface area contributed by atoms with Crippen LogP contribution in [0.25, 0.3) is 22.1 Å². The van der Waals surface area contributed by atoms with Gasteiger partial charge in [0, 0.05) is 11.4 Å². The van der Waals surface area contributed by atoms with E-state index in [0.717, 1.165) is 33.4 Å². The van der Waals surface area contributed by atoms with Gasteiger partial charge in [-0.1, -0.05) is 60.7 Å². The number of aromatic nitrogens is 4. The Morgan fingerprint density at radius 1 is 0.452 bits per heavy atom. The van der Waals surface area contributed by atoms with Crippen molar-refractivity contribution < 1.29 is 0 Å². The molecular weight excluding hydrogens is 382 g/mol. The molecule has 0 bridgehead atoms. The number of fused-ring (bicyclic) bond motifs is 2. The normalized spacial score (nSPS) is 9.94. The number of H-pyrrole nitrogens is 2. The Morgan fingerprint density at radius 3 is 1.26 bits per heavy atom. The summed E-state index contributed by atoms with van der Waals surface area (Å²) in [6.45, 7) is 0. The molecule has 0 amide bonds. The van der Waals surface area contributed by atoms with Crippen molar-refractivity contribution in [1.29, 1.82) is 0 Å². The summed E-state index contributed by atoms with van der Waals surface area (Å²) in [5, 5.41) is 3.30. The van der Waals surface area contributed by atoms with E-state index in [-0.39, 0.29) is 0 Å². The molecule has 2 aromatic heterocycles. The monoisotopic (exact) mass is 405 g/mol. The molecule has 0 aliphatic carbocycles. The highest BCUT2D eigenvalue weighted by Gasteiger charge is 1.90. The van der Waals surface area contributed by atoms with Gasteiger partial charge in [-0.25, -0.2) is 9.97 Å². The lowest BCUT2D eigenvalue weighted by molar-refractivity contribution is 1.34. The Morgan fingerprint density at radius 2 is 0.839 bits per heavy atom. The standard InChI is InChI=1S/C12H11N.2C7H6N2/c1-3-7-11(8-4-1)13-12-9-5-2-6-10-12;2*1-2-4-7-6(3-1)8-5-9-7/h1-10,13H;2*1-5H,(H,8,9). The summed E-state index contributed by atoms with van der Waals surface area (Å²) < 4.78 is 0. The highest BCUT2D eigenvalue weighted by molar-refractivity contribution is 5.74. The van der Waals surface area contributed by atoms with Gasteiger partial charge in [-0.2, -0.15) is 0 Å². The first-order valence-electron chi connectivity index (χ1n) is 10.0. The zero-order valence-electron chi connectivity index (χ0n) is 16.9. The molecule has 6 rings (SSSR count). The van der Waals surface area contributed by atoms with Crippen molar-refractivity contribution in [3.63, 3.8) is 0 Å². The number of imidazole rings is 2. The van der Waals surface area contributed by atoms with Crippen LogP contribution in [0.15, 0.2) is 122 Å². The van der Waals surface area contributed by atoms with Gasteiger partial charge in [0.05, 0.1) is 34.7 Å². The number of nitrogens with zero attached hydrogens (tertiary/aromatic N) is 2. The first-order chi connectivity index (χ1) is 15.4. The lowest BCUT2D eigenvalue weighted by Crippen LogP contribution is -1.87. The van der Waals surface area contributed by atoms with E-state index in [1.54, 1.807) is 12.7 Å². The molecule has 0 atom stereocenters. The second kappa shape index (κ2) is 10.4. The van der Waals surface area contributed by atoms with E-state index in [2.05, 4.69) is 25.3 Å². The van der Waals surface area contributed by atoms with Crippen LogP contribution < -0.4 is 5.32 Å². The van der Waals surface area contributed by atoms with Gasteiger partial charge >= 0.3 is 0 Å². The minimum absolute atomic E-state index is 1.03. The number of hydrogen-bond donors (Lipinski definition) is 3. The number of aromatic amines is 2. The molecule has 31 heavy (non-hydrogen) atoms. The van der Waals surface area contributed by atoms with E-state index in [9.17, 15) is 0 Å². The van der Waals surface area contributed by atoms with Gasteiger partial charge < -0.3 is 15.3 Å². The summed E-state index contributed by atoms with van der Waals surface area (Å²) in [5.41, 5.74) is 6.48. The van der Waals surface area contributed by atoms with Gasteiger partial charge in [0.25, 0.3) is 0 Å². The summed E-state index contributed by atoms with van der Waals surface area (Å²) in [4.78, 5) is 14.1. The molecule has 5 nitrogen and oxygen atoms in total. The van der Waals surface area contributed by atoms with Crippen molar-refractivity contribution in [3.05, 3.63) is 122 Å². The van der Waals surface area contributed by atoms with Crippen molar-refractivity contribution in [1.82, 2.24) is 19.9 Å². The number of para-hydroxylation sites is 6. The minimum Gasteiger partial charge on any atom is -0.356 e. The molecule has 6 aromatic rings. The molecule has 0 spiro atoms. The van der Waals surface area contributed by atoms with Crippen LogP contribution in [-0.4, -0.2) is 19.9 Å². The third kappa shape index (κ3) is 5.81. The zero-order chi connectivity index (χ0) is 21.1. The smallest absolute Gasteiger partial charge is 0.0931 e. The number of nitrogens with one attached hydrogen (secondary N) is 3. The highest BCUT2D eigenvalue weighted by Crippen LogP contribution is 2.14. The van der Waals surface area contributed by atoms with Crippen molar-refractivity contribution in [3.8, 4) is 0 Å². The quantitative estimate of drug-likeness (QED) is 0.306. The SMILES string of the molecule is c1ccc(Nc2ccccc2)cc1.c1ccc2[nH]cnc2c1.c1ccc2[nH]cnc2c1. The molecule has 0 saturated heterocycles. The highest BCUT2D eigenvalue weighted by atomic mass is 14.9. The minimum atomic E-state index is 1.03. The lowest BCUT2D eigenvalue weighted by Gasteiger charge is -2.04. The number of hydrogen-bond acceptors (Lipinski definition) is 3. The first-order valence-corrected chi connectivity index (χ1v) is 10.0. The van der Waals surface area contributed by atoms with Crippen LogP contribution in [0, 0.1) is 0 Å². The Kier molecular flexibility index (Phi) is 6.69. The van der Waals surface area contributed by atoms with Crippen molar-refractivity contribution in [2.75, 3.05) is 5.32 Å². The molecule has 0 aliphatic heterocycles. The summed E-state index contributed by atoms with van der Waals surface area (Å²) in [5.74, 6) is 0. The van der Waals surface area contributed by atoms with Gasteiger partial charge in [0.2, 0.25) is 0 Å². The van der Waals surface area contributed by atoms with E-state index in [4.69, 9.17) is 0 Å². The van der Waals surface area contributed by atoms with Crippen LogP contribution in [0.2, 0.25) is 0 Å². The van der Waals surface area contributed by atoms with E-state index >= 15 is 0 Å². The van der Waals surface area contributed by atoms with E-state index in [1.807, 2.05) is 109 Å². The van der Waals surface area contributed by atoms with Crippen LogP contribution >= 0.6 is 0 Å². The van der Waals surface area contributed by atoms with E-state index in [1.165, 1.54) is 0 Å². The van der Waals surface area contributed by atoms with E-state index in [0.29, 0.717) is 0 Å². The molecule has 0 unspecified atom stereocenters. The van der Waals surface area contributed by atoms with E-state index < -0.39 is 0 Å². The molecular formula is C26H23N5. The second-order valence-electron chi connectivity index (χ2n) is 6.70. The molecule has 0 saturated carbocycles. The lowest BCUT2D eigenvalue weighted by atomic mass is 10.3. The summed E-state index contributed by atoms with van der Waals surface area (Å²) in [7, 11) is 0. The zero-order valence-corrected chi connectivity index (χ0v) is 16.9. The second-order valence-corrected chi connectivity index (χ2v) is 6.70. The molecule has 3 N–H and O–H groups in total. The molecule has 4 aromatic carbocycles. The van der Waals surface area contributed by atoms with Crippen LogP contribution in [0.4, 0.5) is 11.4 Å². The Labute approximate surface area is 180 Å². The maximum atomic E-state index is 4.06. The number of anilines is 2. The fraction of sp³-hybridized carbons (Fsp3) is 0. The first kappa shape index (κ1) is 19.9. The molecule has 152 valence electrons. The summed E-state index contributed by atoms with van der Waals surface area (Å²) >= 11 is 0. The fourth-order valence-corrected chi connectivity index (χ4v) is 2.97. The van der Waals surface area contributed by atoms with Crippen LogP contribution in [-0.2, 0) is 0 Å². The van der Waals surface area contributed by atoms with Gasteiger partial charge in [-0.3, -0.25) is 0 Å². The largest absolute Gasteiger partial charge is 0.356 e. The predicted molar refractivity (Wildman–Crippen MR) is 128 cm³/mol. The van der Waals surface area contributed by atoms with Gasteiger partial charge in [-0.05, 0) is 48.5 Å². The Hall–Kier alpha value is -4.38. The maximum Gasteiger partial charge on any atom is 0.0931 e. The Bertz CT molecular complexity index is 1140. The molecule has 2 heterocycles. The Balaban J connectivity index is 0.000000115. The topological polar surface area (TPSA) is 69.4 Å².